The molecule has 0 saturated heterocycles. The van der Waals surface area contributed by atoms with Crippen molar-refractivity contribution >= 4 is 11.4 Å². The van der Waals surface area contributed by atoms with Crippen LogP contribution in [0.4, 0.5) is 11.4 Å². The van der Waals surface area contributed by atoms with Crippen LogP contribution in [0, 0.1) is 20.2 Å². The van der Waals surface area contributed by atoms with Crippen LogP contribution in [0.1, 0.15) is 11.1 Å². The van der Waals surface area contributed by atoms with Crippen molar-refractivity contribution in [3.8, 4) is 0 Å². The summed E-state index contributed by atoms with van der Waals surface area (Å²) in [4.78, 5) is 20.6. The number of rotatable bonds is 5. The first-order chi connectivity index (χ1) is 9.58. The van der Waals surface area contributed by atoms with Gasteiger partial charge < -0.3 is 0 Å². The molecule has 6 heteroatoms. The van der Waals surface area contributed by atoms with Crippen LogP contribution in [0.15, 0.2) is 48.5 Å². The molecule has 0 heterocycles. The summed E-state index contributed by atoms with van der Waals surface area (Å²) < 4.78 is 0. The summed E-state index contributed by atoms with van der Waals surface area (Å²) in [5.41, 5.74) is 1.72. The van der Waals surface area contributed by atoms with Crippen molar-refractivity contribution in [1.82, 2.24) is 0 Å². The average Bonchev–Trinajstić information content (AvgIpc) is 2.45. The van der Waals surface area contributed by atoms with Crippen molar-refractivity contribution in [3.63, 3.8) is 0 Å². The van der Waals surface area contributed by atoms with E-state index in [0.717, 1.165) is 5.56 Å². The van der Waals surface area contributed by atoms with Gasteiger partial charge in [-0.15, -0.1) is 0 Å². The Labute approximate surface area is 115 Å². The Morgan fingerprint density at radius 2 is 1.45 bits per heavy atom. The Morgan fingerprint density at radius 1 is 0.800 bits per heavy atom. The van der Waals surface area contributed by atoms with Crippen molar-refractivity contribution in [2.24, 2.45) is 0 Å². The Kier molecular flexibility index (Phi) is 4.05. The van der Waals surface area contributed by atoms with Crippen molar-refractivity contribution in [2.45, 2.75) is 12.8 Å². The maximum atomic E-state index is 10.9. The van der Waals surface area contributed by atoms with Crippen molar-refractivity contribution in [2.75, 3.05) is 0 Å². The lowest BCUT2D eigenvalue weighted by molar-refractivity contribution is -0.385. The number of aryl methyl sites for hydroxylation is 2. The van der Waals surface area contributed by atoms with Crippen LogP contribution >= 0.6 is 0 Å². The molecule has 0 radical (unpaired) electrons. The molecule has 102 valence electrons. The number of nitro benzene ring substituents is 2. The summed E-state index contributed by atoms with van der Waals surface area (Å²) in [6.07, 6.45) is 1.12. The zero-order valence-electron chi connectivity index (χ0n) is 10.6. The highest BCUT2D eigenvalue weighted by atomic mass is 16.6. The van der Waals surface area contributed by atoms with Crippen LogP contribution < -0.4 is 0 Å². The largest absolute Gasteiger partial charge is 0.272 e. The fraction of sp³-hybridized carbons (Fsp3) is 0.143. The molecule has 0 N–H and O–H groups in total. The van der Waals surface area contributed by atoms with Gasteiger partial charge in [-0.2, -0.15) is 0 Å². The summed E-state index contributed by atoms with van der Waals surface area (Å²) >= 11 is 0. The van der Waals surface area contributed by atoms with Gasteiger partial charge in [-0.3, -0.25) is 20.2 Å². The number of para-hydroxylation sites is 1. The van der Waals surface area contributed by atoms with Gasteiger partial charge in [0.1, 0.15) is 0 Å². The Balaban J connectivity index is 2.09. The van der Waals surface area contributed by atoms with E-state index in [1.807, 2.05) is 0 Å². The second kappa shape index (κ2) is 5.92. The molecule has 0 amide bonds. The van der Waals surface area contributed by atoms with E-state index in [1.165, 1.54) is 18.2 Å². The molecule has 2 aromatic carbocycles. The molecule has 2 aromatic rings. The van der Waals surface area contributed by atoms with Crippen LogP contribution in [0.25, 0.3) is 0 Å². The van der Waals surface area contributed by atoms with Crippen LogP contribution in [0.5, 0.6) is 0 Å². The molecule has 0 saturated carbocycles. The molecule has 20 heavy (non-hydrogen) atoms. The number of nitro groups is 2. The van der Waals surface area contributed by atoms with Gasteiger partial charge in [0.2, 0.25) is 0 Å². The van der Waals surface area contributed by atoms with E-state index < -0.39 is 9.85 Å². The smallest absolute Gasteiger partial charge is 0.258 e. The number of hydrogen-bond donors (Lipinski definition) is 0. The second-order valence-corrected chi connectivity index (χ2v) is 4.31. The van der Waals surface area contributed by atoms with Gasteiger partial charge in [0.05, 0.1) is 9.85 Å². The number of hydrogen-bond acceptors (Lipinski definition) is 4. The van der Waals surface area contributed by atoms with E-state index in [-0.39, 0.29) is 11.4 Å². The summed E-state index contributed by atoms with van der Waals surface area (Å²) in [5.74, 6) is 0. The standard InChI is InChI=1S/C14H12N2O4/c17-15(18)13-9-6-11(7-10-13)5-8-12-3-1-2-4-14(12)16(19)20/h1-4,6-7,9-10H,5,8H2. The molecule has 0 aromatic heterocycles. The first kappa shape index (κ1) is 13.7. The fourth-order valence-corrected chi connectivity index (χ4v) is 1.96. The van der Waals surface area contributed by atoms with Crippen molar-refractivity contribution < 1.29 is 9.85 Å². The lowest BCUT2D eigenvalue weighted by atomic mass is 10.0. The maximum Gasteiger partial charge on any atom is 0.272 e. The highest BCUT2D eigenvalue weighted by Gasteiger charge is 2.12. The molecular weight excluding hydrogens is 260 g/mol. The molecule has 6 nitrogen and oxygen atoms in total. The highest BCUT2D eigenvalue weighted by molar-refractivity contribution is 5.40. The van der Waals surface area contributed by atoms with Gasteiger partial charge in [-0.05, 0) is 18.4 Å². The molecule has 0 aliphatic rings. The van der Waals surface area contributed by atoms with Gasteiger partial charge in [-0.25, -0.2) is 0 Å². The minimum atomic E-state index is -0.453. The van der Waals surface area contributed by atoms with E-state index in [0.29, 0.717) is 18.4 Å². The molecule has 2 rings (SSSR count). The first-order valence-electron chi connectivity index (χ1n) is 6.03. The van der Waals surface area contributed by atoms with Gasteiger partial charge >= 0.3 is 0 Å². The summed E-state index contributed by atoms with van der Waals surface area (Å²) in [6, 6.07) is 12.8. The third-order valence-corrected chi connectivity index (χ3v) is 3.02. The van der Waals surface area contributed by atoms with Gasteiger partial charge in [0.25, 0.3) is 11.4 Å². The molecule has 0 atom stereocenters. The molecule has 0 aliphatic heterocycles. The SMILES string of the molecule is O=[N+]([O-])c1ccc(CCc2ccccc2[N+](=O)[O-])cc1. The number of nitrogens with zero attached hydrogens (tertiary/aromatic N) is 2. The fourth-order valence-electron chi connectivity index (χ4n) is 1.96. The topological polar surface area (TPSA) is 86.3 Å². The molecule has 0 bridgehead atoms. The number of benzene rings is 2. The van der Waals surface area contributed by atoms with Crippen molar-refractivity contribution in [1.29, 1.82) is 0 Å². The third-order valence-electron chi connectivity index (χ3n) is 3.02. The molecular formula is C14H12N2O4. The minimum absolute atomic E-state index is 0.0411. The predicted molar refractivity (Wildman–Crippen MR) is 73.6 cm³/mol. The summed E-state index contributed by atoms with van der Waals surface area (Å²) in [7, 11) is 0. The van der Waals surface area contributed by atoms with Gasteiger partial charge in [0, 0.05) is 23.8 Å². The first-order valence-corrected chi connectivity index (χ1v) is 6.03. The van der Waals surface area contributed by atoms with Crippen LogP contribution in [-0.2, 0) is 12.8 Å². The predicted octanol–water partition coefficient (Wildman–Crippen LogP) is 3.29. The Morgan fingerprint density at radius 3 is 2.05 bits per heavy atom. The van der Waals surface area contributed by atoms with E-state index in [9.17, 15) is 20.2 Å². The highest BCUT2D eigenvalue weighted by Crippen LogP contribution is 2.20. The average molecular weight is 272 g/mol. The van der Waals surface area contributed by atoms with Crippen molar-refractivity contribution in [3.05, 3.63) is 79.9 Å². The summed E-state index contributed by atoms with van der Waals surface area (Å²) in [6.45, 7) is 0. The van der Waals surface area contributed by atoms with E-state index in [2.05, 4.69) is 0 Å². The molecule has 0 unspecified atom stereocenters. The lowest BCUT2D eigenvalue weighted by Crippen LogP contribution is -1.98. The van der Waals surface area contributed by atoms with E-state index >= 15 is 0 Å². The maximum absolute atomic E-state index is 10.9. The second-order valence-electron chi connectivity index (χ2n) is 4.31. The monoisotopic (exact) mass is 272 g/mol. The molecule has 0 spiro atoms. The van der Waals surface area contributed by atoms with Crippen LogP contribution in [0.3, 0.4) is 0 Å². The summed E-state index contributed by atoms with van der Waals surface area (Å²) in [5, 5.41) is 21.4. The van der Waals surface area contributed by atoms with Gasteiger partial charge in [-0.1, -0.05) is 30.3 Å². The van der Waals surface area contributed by atoms with Crippen LogP contribution in [0.2, 0.25) is 0 Å². The van der Waals surface area contributed by atoms with E-state index in [4.69, 9.17) is 0 Å². The van der Waals surface area contributed by atoms with E-state index in [1.54, 1.807) is 30.3 Å². The lowest BCUT2D eigenvalue weighted by Gasteiger charge is -2.03. The normalized spacial score (nSPS) is 10.2. The van der Waals surface area contributed by atoms with Gasteiger partial charge in [0.15, 0.2) is 0 Å². The number of non-ortho nitro benzene ring substituents is 1. The zero-order chi connectivity index (χ0) is 14.5. The Hall–Kier alpha value is -2.76. The Bertz CT molecular complexity index is 638. The third kappa shape index (κ3) is 3.17. The quantitative estimate of drug-likeness (QED) is 0.617. The minimum Gasteiger partial charge on any atom is -0.258 e. The molecule has 0 fully saturated rings. The molecule has 0 aliphatic carbocycles. The van der Waals surface area contributed by atoms with Crippen LogP contribution in [-0.4, -0.2) is 9.85 Å². The zero-order valence-corrected chi connectivity index (χ0v) is 10.6.